The van der Waals surface area contributed by atoms with E-state index < -0.39 is 10.0 Å². The highest BCUT2D eigenvalue weighted by molar-refractivity contribution is 7.92. The maximum atomic E-state index is 13.7. The van der Waals surface area contributed by atoms with Crippen LogP contribution in [0.5, 0.6) is 0 Å². The van der Waals surface area contributed by atoms with Crippen molar-refractivity contribution >= 4 is 15.7 Å². The number of sulfonamides is 1. The molecule has 32 heavy (non-hydrogen) atoms. The summed E-state index contributed by atoms with van der Waals surface area (Å²) in [4.78, 5) is 0.261. The molecule has 0 unspecified atom stereocenters. The first-order valence-corrected chi connectivity index (χ1v) is 12.2. The monoisotopic (exact) mass is 456 g/mol. The second-order valence-corrected chi connectivity index (χ2v) is 10.5. The van der Waals surface area contributed by atoms with Crippen LogP contribution in [0.1, 0.15) is 47.6 Å². The molecule has 1 aromatic heterocycles. The number of hydrogen-bond donors (Lipinski definition) is 0. The predicted octanol–water partition coefficient (Wildman–Crippen LogP) is 5.48. The fourth-order valence-corrected chi connectivity index (χ4v) is 5.41. The molecular weight excluding hydrogens is 424 g/mol. The summed E-state index contributed by atoms with van der Waals surface area (Å²) in [5.41, 5.74) is 5.27. The summed E-state index contributed by atoms with van der Waals surface area (Å²) in [6, 6.07) is 12.8. The van der Waals surface area contributed by atoms with Gasteiger partial charge in [0.15, 0.2) is 0 Å². The number of ether oxygens (including phenoxy) is 1. The van der Waals surface area contributed by atoms with Crippen LogP contribution in [0, 0.1) is 33.6 Å². The van der Waals surface area contributed by atoms with Gasteiger partial charge in [0.25, 0.3) is 10.0 Å². The molecule has 0 aliphatic carbocycles. The fourth-order valence-electron chi connectivity index (χ4n) is 3.64. The largest absolute Gasteiger partial charge is 0.372 e. The van der Waals surface area contributed by atoms with Crippen LogP contribution in [0.15, 0.2) is 51.9 Å². The Morgan fingerprint density at radius 1 is 1.03 bits per heavy atom. The maximum absolute atomic E-state index is 13.7. The molecule has 0 atom stereocenters. The summed E-state index contributed by atoms with van der Waals surface area (Å²) in [6.07, 6.45) is 0. The van der Waals surface area contributed by atoms with Gasteiger partial charge in [0.2, 0.25) is 0 Å². The Morgan fingerprint density at radius 2 is 1.78 bits per heavy atom. The lowest BCUT2D eigenvalue weighted by Crippen LogP contribution is -2.35. The first kappa shape index (κ1) is 24.0. The van der Waals surface area contributed by atoms with E-state index in [0.717, 1.165) is 33.7 Å². The second-order valence-electron chi connectivity index (χ2n) is 8.66. The molecule has 0 saturated heterocycles. The van der Waals surface area contributed by atoms with Crippen molar-refractivity contribution in [3.63, 3.8) is 0 Å². The van der Waals surface area contributed by atoms with Crippen molar-refractivity contribution in [3.8, 4) is 0 Å². The third kappa shape index (κ3) is 5.40. The Labute approximate surface area is 191 Å². The van der Waals surface area contributed by atoms with Gasteiger partial charge in [-0.15, -0.1) is 0 Å². The Balaban J connectivity index is 1.85. The van der Waals surface area contributed by atoms with Crippen LogP contribution in [-0.4, -0.2) is 20.1 Å². The lowest BCUT2D eigenvalue weighted by atomic mass is 10.1. The normalized spacial score (nSPS) is 11.8. The van der Waals surface area contributed by atoms with Gasteiger partial charge in [-0.2, -0.15) is 0 Å². The van der Waals surface area contributed by atoms with Crippen molar-refractivity contribution in [3.05, 3.63) is 76.2 Å². The second kappa shape index (κ2) is 9.88. The van der Waals surface area contributed by atoms with Crippen molar-refractivity contribution in [1.29, 1.82) is 0 Å². The van der Waals surface area contributed by atoms with Crippen LogP contribution in [0.4, 0.5) is 5.69 Å². The summed E-state index contributed by atoms with van der Waals surface area (Å²) >= 11 is 0. The molecule has 0 amide bonds. The lowest BCUT2D eigenvalue weighted by Gasteiger charge is -2.28. The van der Waals surface area contributed by atoms with Gasteiger partial charge >= 0.3 is 0 Å². The number of rotatable bonds is 9. The molecule has 172 valence electrons. The van der Waals surface area contributed by atoms with E-state index >= 15 is 0 Å². The smallest absolute Gasteiger partial charge is 0.264 e. The van der Waals surface area contributed by atoms with Gasteiger partial charge in [0, 0.05) is 12.1 Å². The third-order valence-electron chi connectivity index (χ3n) is 5.33. The van der Waals surface area contributed by atoms with Gasteiger partial charge < -0.3 is 9.26 Å². The highest BCUT2D eigenvalue weighted by atomic mass is 32.2. The number of anilines is 1. The summed E-state index contributed by atoms with van der Waals surface area (Å²) < 4.78 is 39.9. The van der Waals surface area contributed by atoms with Gasteiger partial charge in [-0.05, 0) is 62.9 Å². The molecule has 3 rings (SSSR count). The zero-order valence-corrected chi connectivity index (χ0v) is 20.5. The standard InChI is InChI=1S/C25H32N2O4S/c1-17(2)14-27(25-11-10-18(3)12-19(25)4)32(28,29)23-9-7-8-22(13-23)15-30-16-24-20(5)26-31-21(24)6/h7-13,17H,14-16H2,1-6H3. The predicted molar refractivity (Wildman–Crippen MR) is 126 cm³/mol. The van der Waals surface area contributed by atoms with E-state index in [9.17, 15) is 8.42 Å². The van der Waals surface area contributed by atoms with E-state index in [4.69, 9.17) is 9.26 Å². The number of benzene rings is 2. The molecule has 7 heteroatoms. The molecule has 0 fully saturated rings. The molecule has 0 radical (unpaired) electrons. The van der Waals surface area contributed by atoms with E-state index in [1.165, 1.54) is 4.31 Å². The molecule has 0 spiro atoms. The van der Waals surface area contributed by atoms with Crippen LogP contribution in [0.2, 0.25) is 0 Å². The molecular formula is C25H32N2O4S. The molecule has 6 nitrogen and oxygen atoms in total. The first-order chi connectivity index (χ1) is 15.1. The average Bonchev–Trinajstić information content (AvgIpc) is 3.04. The minimum Gasteiger partial charge on any atom is -0.372 e. The topological polar surface area (TPSA) is 72.6 Å². The van der Waals surface area contributed by atoms with Crippen molar-refractivity contribution in [2.45, 2.75) is 59.7 Å². The molecule has 1 heterocycles. The van der Waals surface area contributed by atoms with E-state index in [1.54, 1.807) is 18.2 Å². The number of aromatic nitrogens is 1. The molecule has 0 aliphatic rings. The highest BCUT2D eigenvalue weighted by Crippen LogP contribution is 2.29. The zero-order chi connectivity index (χ0) is 23.5. The quantitative estimate of drug-likeness (QED) is 0.426. The van der Waals surface area contributed by atoms with Gasteiger partial charge in [-0.3, -0.25) is 4.31 Å². The summed E-state index contributed by atoms with van der Waals surface area (Å²) in [6.45, 7) is 12.8. The first-order valence-electron chi connectivity index (χ1n) is 10.8. The Hall–Kier alpha value is -2.64. The van der Waals surface area contributed by atoms with E-state index in [1.807, 2.05) is 65.8 Å². The number of aryl methyl sites for hydroxylation is 4. The fraction of sp³-hybridized carbons (Fsp3) is 0.400. The lowest BCUT2D eigenvalue weighted by molar-refractivity contribution is 0.106. The maximum Gasteiger partial charge on any atom is 0.264 e. The summed E-state index contributed by atoms with van der Waals surface area (Å²) in [5.74, 6) is 0.906. The third-order valence-corrected chi connectivity index (χ3v) is 7.11. The molecule has 0 N–H and O–H groups in total. The van der Waals surface area contributed by atoms with Gasteiger partial charge in [-0.1, -0.05) is 48.8 Å². The van der Waals surface area contributed by atoms with Crippen LogP contribution in [0.25, 0.3) is 0 Å². The van der Waals surface area contributed by atoms with Gasteiger partial charge in [0.05, 0.1) is 29.5 Å². The Kier molecular flexibility index (Phi) is 7.41. The highest BCUT2D eigenvalue weighted by Gasteiger charge is 2.27. The SMILES string of the molecule is Cc1ccc(N(CC(C)C)S(=O)(=O)c2cccc(COCc3c(C)noc3C)c2)c(C)c1. The zero-order valence-electron chi connectivity index (χ0n) is 19.7. The van der Waals surface area contributed by atoms with Crippen molar-refractivity contribution in [2.75, 3.05) is 10.8 Å². The summed E-state index contributed by atoms with van der Waals surface area (Å²) in [7, 11) is -3.74. The van der Waals surface area contributed by atoms with Gasteiger partial charge in [0.1, 0.15) is 5.76 Å². The molecule has 0 aliphatic heterocycles. The van der Waals surface area contributed by atoms with Crippen molar-refractivity contribution in [2.24, 2.45) is 5.92 Å². The Morgan fingerprint density at radius 3 is 2.41 bits per heavy atom. The van der Waals surface area contributed by atoms with E-state index in [2.05, 4.69) is 5.16 Å². The van der Waals surface area contributed by atoms with E-state index in [0.29, 0.717) is 25.4 Å². The molecule has 3 aromatic rings. The van der Waals surface area contributed by atoms with Crippen LogP contribution >= 0.6 is 0 Å². The van der Waals surface area contributed by atoms with Gasteiger partial charge in [-0.25, -0.2) is 8.42 Å². The molecule has 0 saturated carbocycles. The minimum atomic E-state index is -3.74. The minimum absolute atomic E-state index is 0.173. The van der Waals surface area contributed by atoms with E-state index in [-0.39, 0.29) is 10.8 Å². The van der Waals surface area contributed by atoms with Crippen LogP contribution in [-0.2, 0) is 28.0 Å². The number of hydrogen-bond acceptors (Lipinski definition) is 5. The van der Waals surface area contributed by atoms with Crippen LogP contribution < -0.4 is 4.31 Å². The number of nitrogens with zero attached hydrogens (tertiary/aromatic N) is 2. The summed E-state index contributed by atoms with van der Waals surface area (Å²) in [5, 5.41) is 3.93. The van der Waals surface area contributed by atoms with Crippen molar-refractivity contribution in [1.82, 2.24) is 5.16 Å². The van der Waals surface area contributed by atoms with Crippen molar-refractivity contribution < 1.29 is 17.7 Å². The average molecular weight is 457 g/mol. The molecule has 0 bridgehead atoms. The molecule has 2 aromatic carbocycles. The Bertz CT molecular complexity index is 1160. The van der Waals surface area contributed by atoms with Crippen LogP contribution in [0.3, 0.4) is 0 Å².